The Balaban J connectivity index is 2.71. The molecular formula is C10H16O4. The zero-order chi connectivity index (χ0) is 10.6. The first kappa shape index (κ1) is 11.0. The second-order valence-electron chi connectivity index (χ2n) is 3.51. The highest BCUT2D eigenvalue weighted by molar-refractivity contribution is 5.79. The van der Waals surface area contributed by atoms with Gasteiger partial charge in [0, 0.05) is 6.42 Å². The molecule has 0 unspecified atom stereocenters. The van der Waals surface area contributed by atoms with Gasteiger partial charge in [0.1, 0.15) is 0 Å². The van der Waals surface area contributed by atoms with Crippen LogP contribution in [0.15, 0.2) is 11.8 Å². The molecule has 1 fully saturated rings. The van der Waals surface area contributed by atoms with Crippen molar-refractivity contribution in [1.29, 1.82) is 0 Å². The van der Waals surface area contributed by atoms with Gasteiger partial charge in [-0.1, -0.05) is 0 Å². The molecule has 1 saturated heterocycles. The van der Waals surface area contributed by atoms with Crippen molar-refractivity contribution in [3.05, 3.63) is 11.8 Å². The number of hydrogen-bond donors (Lipinski definition) is 0. The Hall–Kier alpha value is -1.03. The van der Waals surface area contributed by atoms with Gasteiger partial charge in [-0.05, 0) is 18.9 Å². The Kier molecular flexibility index (Phi) is 3.52. The van der Waals surface area contributed by atoms with E-state index in [1.54, 1.807) is 20.3 Å². The van der Waals surface area contributed by atoms with Crippen LogP contribution < -0.4 is 0 Å². The average Bonchev–Trinajstić information content (AvgIpc) is 2.17. The standard InChI is InChI=1S/C10H16O4/c1-10(9(11)13-3)6-8(7-12-2)4-5-14-10/h7H,4-6H2,1-3H3/b8-7+/t10-/m1/s1. The van der Waals surface area contributed by atoms with Gasteiger partial charge >= 0.3 is 5.97 Å². The Morgan fingerprint density at radius 1 is 1.57 bits per heavy atom. The maximum Gasteiger partial charge on any atom is 0.338 e. The van der Waals surface area contributed by atoms with E-state index >= 15 is 0 Å². The number of esters is 1. The van der Waals surface area contributed by atoms with Gasteiger partial charge in [0.25, 0.3) is 0 Å². The lowest BCUT2D eigenvalue weighted by Crippen LogP contribution is -2.42. The van der Waals surface area contributed by atoms with Crippen LogP contribution in [0.4, 0.5) is 0 Å². The SMILES string of the molecule is CO/C=C1\CCO[C@@](C)(C(=O)OC)C1. The van der Waals surface area contributed by atoms with Crippen molar-refractivity contribution in [2.24, 2.45) is 0 Å². The summed E-state index contributed by atoms with van der Waals surface area (Å²) in [5, 5.41) is 0. The quantitative estimate of drug-likeness (QED) is 0.497. The molecule has 0 aliphatic carbocycles. The van der Waals surface area contributed by atoms with Gasteiger partial charge in [-0.25, -0.2) is 4.79 Å². The summed E-state index contributed by atoms with van der Waals surface area (Å²) in [5.41, 5.74) is 0.226. The Morgan fingerprint density at radius 2 is 2.29 bits per heavy atom. The highest BCUT2D eigenvalue weighted by Crippen LogP contribution is 2.29. The van der Waals surface area contributed by atoms with Gasteiger partial charge in [0.05, 0.1) is 27.1 Å². The lowest BCUT2D eigenvalue weighted by Gasteiger charge is -2.32. The minimum atomic E-state index is -0.850. The molecule has 1 atom stereocenters. The highest BCUT2D eigenvalue weighted by atomic mass is 16.6. The molecule has 1 aliphatic heterocycles. The van der Waals surface area contributed by atoms with Gasteiger partial charge in [0.15, 0.2) is 5.60 Å². The first-order valence-electron chi connectivity index (χ1n) is 4.55. The molecule has 0 spiro atoms. The van der Waals surface area contributed by atoms with E-state index in [1.807, 2.05) is 0 Å². The van der Waals surface area contributed by atoms with Crippen LogP contribution in [0.25, 0.3) is 0 Å². The fourth-order valence-corrected chi connectivity index (χ4v) is 1.59. The number of carbonyl (C=O) groups is 1. The second-order valence-corrected chi connectivity index (χ2v) is 3.51. The van der Waals surface area contributed by atoms with Gasteiger partial charge in [0.2, 0.25) is 0 Å². The van der Waals surface area contributed by atoms with Crippen LogP contribution in [-0.2, 0) is 19.0 Å². The predicted molar refractivity (Wildman–Crippen MR) is 50.7 cm³/mol. The molecule has 0 N–H and O–H groups in total. The van der Waals surface area contributed by atoms with Crippen LogP contribution in [0.2, 0.25) is 0 Å². The van der Waals surface area contributed by atoms with Crippen LogP contribution in [0.1, 0.15) is 19.8 Å². The zero-order valence-corrected chi connectivity index (χ0v) is 8.83. The molecule has 0 saturated carbocycles. The van der Waals surface area contributed by atoms with Crippen molar-refractivity contribution in [2.75, 3.05) is 20.8 Å². The summed E-state index contributed by atoms with van der Waals surface area (Å²) in [6, 6.07) is 0. The summed E-state index contributed by atoms with van der Waals surface area (Å²) in [5.74, 6) is -0.334. The molecule has 80 valence electrons. The van der Waals surface area contributed by atoms with Crippen LogP contribution in [-0.4, -0.2) is 32.4 Å². The molecule has 1 heterocycles. The fourth-order valence-electron chi connectivity index (χ4n) is 1.59. The monoisotopic (exact) mass is 200 g/mol. The van der Waals surface area contributed by atoms with Crippen LogP contribution in [0.5, 0.6) is 0 Å². The van der Waals surface area contributed by atoms with Crippen molar-refractivity contribution in [3.8, 4) is 0 Å². The molecule has 0 radical (unpaired) electrons. The molecule has 0 aromatic carbocycles. The number of carbonyl (C=O) groups excluding carboxylic acids is 1. The fraction of sp³-hybridized carbons (Fsp3) is 0.700. The molecular weight excluding hydrogens is 184 g/mol. The third-order valence-electron chi connectivity index (χ3n) is 2.31. The Labute approximate surface area is 83.8 Å². The average molecular weight is 200 g/mol. The van der Waals surface area contributed by atoms with E-state index in [0.717, 1.165) is 12.0 Å². The van der Waals surface area contributed by atoms with Gasteiger partial charge < -0.3 is 14.2 Å². The highest BCUT2D eigenvalue weighted by Gasteiger charge is 2.39. The van der Waals surface area contributed by atoms with Crippen molar-refractivity contribution in [2.45, 2.75) is 25.4 Å². The van der Waals surface area contributed by atoms with E-state index in [0.29, 0.717) is 13.0 Å². The molecule has 1 aliphatic rings. The van der Waals surface area contributed by atoms with E-state index in [2.05, 4.69) is 4.74 Å². The number of rotatable bonds is 2. The third-order valence-corrected chi connectivity index (χ3v) is 2.31. The number of ether oxygens (including phenoxy) is 3. The summed E-state index contributed by atoms with van der Waals surface area (Å²) >= 11 is 0. The lowest BCUT2D eigenvalue weighted by molar-refractivity contribution is -0.169. The lowest BCUT2D eigenvalue weighted by atomic mass is 9.92. The van der Waals surface area contributed by atoms with E-state index in [-0.39, 0.29) is 5.97 Å². The van der Waals surface area contributed by atoms with Gasteiger partial charge in [-0.3, -0.25) is 0 Å². The number of methoxy groups -OCH3 is 2. The zero-order valence-electron chi connectivity index (χ0n) is 8.83. The third kappa shape index (κ3) is 2.26. The molecule has 1 rings (SSSR count). The van der Waals surface area contributed by atoms with Crippen LogP contribution in [0, 0.1) is 0 Å². The number of hydrogen-bond acceptors (Lipinski definition) is 4. The summed E-state index contributed by atoms with van der Waals surface area (Å²) in [4.78, 5) is 11.4. The van der Waals surface area contributed by atoms with Crippen LogP contribution >= 0.6 is 0 Å². The maximum atomic E-state index is 11.4. The first-order valence-corrected chi connectivity index (χ1v) is 4.55. The summed E-state index contributed by atoms with van der Waals surface area (Å²) in [7, 11) is 2.96. The van der Waals surface area contributed by atoms with Gasteiger partial charge in [-0.15, -0.1) is 0 Å². The molecule has 0 aromatic rings. The molecule has 14 heavy (non-hydrogen) atoms. The van der Waals surface area contributed by atoms with Crippen LogP contribution in [0.3, 0.4) is 0 Å². The van der Waals surface area contributed by atoms with E-state index in [9.17, 15) is 4.79 Å². The van der Waals surface area contributed by atoms with E-state index in [1.165, 1.54) is 7.11 Å². The van der Waals surface area contributed by atoms with Gasteiger partial charge in [-0.2, -0.15) is 0 Å². The minimum absolute atomic E-state index is 0.334. The summed E-state index contributed by atoms with van der Waals surface area (Å²) in [6.45, 7) is 2.27. The molecule has 0 bridgehead atoms. The van der Waals surface area contributed by atoms with Crippen molar-refractivity contribution >= 4 is 5.97 Å². The summed E-state index contributed by atoms with van der Waals surface area (Å²) < 4.78 is 15.0. The van der Waals surface area contributed by atoms with Crippen molar-refractivity contribution in [1.82, 2.24) is 0 Å². The van der Waals surface area contributed by atoms with E-state index in [4.69, 9.17) is 9.47 Å². The van der Waals surface area contributed by atoms with Crippen molar-refractivity contribution in [3.63, 3.8) is 0 Å². The normalized spacial score (nSPS) is 30.1. The first-order chi connectivity index (χ1) is 6.62. The second kappa shape index (κ2) is 4.46. The Bertz CT molecular complexity index is 247. The molecule has 0 amide bonds. The predicted octanol–water partition coefficient (Wildman–Crippen LogP) is 1.26. The topological polar surface area (TPSA) is 44.8 Å². The summed E-state index contributed by atoms with van der Waals surface area (Å²) in [6.07, 6.45) is 3.01. The van der Waals surface area contributed by atoms with Crippen molar-refractivity contribution < 1.29 is 19.0 Å². The minimum Gasteiger partial charge on any atom is -0.504 e. The van der Waals surface area contributed by atoms with E-state index < -0.39 is 5.60 Å². The molecule has 0 aromatic heterocycles. The molecule has 4 nitrogen and oxygen atoms in total. The molecule has 4 heteroatoms. The smallest absolute Gasteiger partial charge is 0.338 e. The largest absolute Gasteiger partial charge is 0.504 e. The Morgan fingerprint density at radius 3 is 2.86 bits per heavy atom. The maximum absolute atomic E-state index is 11.4.